The molecule has 2 rings (SSSR count). The molecule has 1 heterocycles. The highest BCUT2D eigenvalue weighted by Gasteiger charge is 2.21. The average Bonchev–Trinajstić information content (AvgIpc) is 2.76. The van der Waals surface area contributed by atoms with Crippen molar-refractivity contribution < 1.29 is 0 Å². The van der Waals surface area contributed by atoms with Gasteiger partial charge >= 0.3 is 0 Å². The van der Waals surface area contributed by atoms with Gasteiger partial charge in [0.15, 0.2) is 0 Å². The Morgan fingerprint density at radius 2 is 2.13 bits per heavy atom. The third kappa shape index (κ3) is 3.25. The quantitative estimate of drug-likeness (QED) is 0.838. The second-order valence-corrected chi connectivity index (χ2v) is 5.35. The van der Waals surface area contributed by atoms with E-state index in [-0.39, 0.29) is 0 Å². The van der Waals surface area contributed by atoms with Crippen LogP contribution in [0.2, 0.25) is 0 Å². The summed E-state index contributed by atoms with van der Waals surface area (Å²) in [5.74, 6) is 1.29. The van der Waals surface area contributed by atoms with Crippen molar-refractivity contribution in [3.63, 3.8) is 0 Å². The molecule has 1 N–H and O–H groups in total. The van der Waals surface area contributed by atoms with Gasteiger partial charge in [0.1, 0.15) is 0 Å². The molecule has 1 nitrogen and oxygen atoms in total. The Morgan fingerprint density at radius 3 is 2.80 bits per heavy atom. The summed E-state index contributed by atoms with van der Waals surface area (Å²) in [7, 11) is 0. The van der Waals surface area contributed by atoms with Crippen molar-refractivity contribution in [2.75, 3.05) is 5.75 Å². The first-order valence-electron chi connectivity index (χ1n) is 5.80. The number of benzene rings is 1. The van der Waals surface area contributed by atoms with Crippen LogP contribution in [0.5, 0.6) is 0 Å². The van der Waals surface area contributed by atoms with Crippen molar-refractivity contribution >= 4 is 11.8 Å². The van der Waals surface area contributed by atoms with Crippen LogP contribution in [-0.2, 0) is 6.42 Å². The Balaban J connectivity index is 1.75. The van der Waals surface area contributed by atoms with E-state index in [1.165, 1.54) is 30.6 Å². The Morgan fingerprint density at radius 1 is 1.33 bits per heavy atom. The van der Waals surface area contributed by atoms with E-state index in [2.05, 4.69) is 54.3 Å². The molecule has 0 saturated carbocycles. The number of hydrogen-bond donors (Lipinski definition) is 1. The molecule has 0 amide bonds. The predicted molar refractivity (Wildman–Crippen MR) is 68.2 cm³/mol. The molecular formula is C13H19NS. The van der Waals surface area contributed by atoms with Crippen molar-refractivity contribution in [2.45, 2.75) is 37.6 Å². The van der Waals surface area contributed by atoms with Gasteiger partial charge in [-0.15, -0.1) is 11.8 Å². The van der Waals surface area contributed by atoms with E-state index in [1.807, 2.05) is 0 Å². The number of thioether (sulfide) groups is 1. The van der Waals surface area contributed by atoms with Crippen molar-refractivity contribution in [3.8, 4) is 0 Å². The van der Waals surface area contributed by atoms with E-state index < -0.39 is 0 Å². The highest BCUT2D eigenvalue weighted by atomic mass is 32.2. The van der Waals surface area contributed by atoms with Crippen LogP contribution in [0.15, 0.2) is 30.3 Å². The molecule has 0 bridgehead atoms. The summed E-state index contributed by atoms with van der Waals surface area (Å²) in [6.45, 7) is 2.26. The van der Waals surface area contributed by atoms with E-state index in [4.69, 9.17) is 0 Å². The lowest BCUT2D eigenvalue weighted by Crippen LogP contribution is -2.29. The summed E-state index contributed by atoms with van der Waals surface area (Å²) in [5, 5.41) is 4.35. The molecule has 1 aliphatic rings. The molecule has 1 aromatic carbocycles. The summed E-state index contributed by atoms with van der Waals surface area (Å²) >= 11 is 2.08. The molecular weight excluding hydrogens is 202 g/mol. The molecule has 0 spiro atoms. The number of nitrogens with one attached hydrogen (secondary N) is 1. The molecule has 1 saturated heterocycles. The summed E-state index contributed by atoms with van der Waals surface area (Å²) in [6.07, 6.45) is 3.71. The van der Waals surface area contributed by atoms with E-state index in [9.17, 15) is 0 Å². The molecule has 82 valence electrons. The monoisotopic (exact) mass is 221 g/mol. The van der Waals surface area contributed by atoms with Gasteiger partial charge in [-0.1, -0.05) is 37.3 Å². The standard InChI is InChI=1S/C13H19NS/c1-2-12-10-15-13(14-12)9-8-11-6-4-3-5-7-11/h3-7,12-14H,2,8-10H2,1H3. The van der Waals surface area contributed by atoms with Gasteiger partial charge in [0.2, 0.25) is 0 Å². The fourth-order valence-corrected chi connectivity index (χ4v) is 3.31. The fraction of sp³-hybridized carbons (Fsp3) is 0.538. The van der Waals surface area contributed by atoms with Gasteiger partial charge in [-0.25, -0.2) is 0 Å². The second-order valence-electron chi connectivity index (χ2n) is 4.12. The summed E-state index contributed by atoms with van der Waals surface area (Å²) in [6, 6.07) is 11.5. The van der Waals surface area contributed by atoms with Crippen LogP contribution in [0.1, 0.15) is 25.3 Å². The summed E-state index contributed by atoms with van der Waals surface area (Å²) < 4.78 is 0. The van der Waals surface area contributed by atoms with E-state index in [0.717, 1.165) is 6.04 Å². The SMILES string of the molecule is CCC1CSC(CCc2ccccc2)N1. The van der Waals surface area contributed by atoms with Gasteiger partial charge in [0, 0.05) is 11.8 Å². The normalized spacial score (nSPS) is 25.7. The lowest BCUT2D eigenvalue weighted by Gasteiger charge is -2.11. The molecule has 0 aromatic heterocycles. The lowest BCUT2D eigenvalue weighted by atomic mass is 10.1. The van der Waals surface area contributed by atoms with Gasteiger partial charge in [0.05, 0.1) is 5.37 Å². The molecule has 1 aromatic rings. The lowest BCUT2D eigenvalue weighted by molar-refractivity contribution is 0.532. The predicted octanol–water partition coefficient (Wildman–Crippen LogP) is 3.06. The van der Waals surface area contributed by atoms with Crippen LogP contribution >= 0.6 is 11.8 Å². The Bertz CT molecular complexity index is 286. The van der Waals surface area contributed by atoms with Gasteiger partial charge in [-0.05, 0) is 24.8 Å². The zero-order chi connectivity index (χ0) is 10.5. The number of hydrogen-bond acceptors (Lipinski definition) is 2. The van der Waals surface area contributed by atoms with Gasteiger partial charge in [0.25, 0.3) is 0 Å². The first kappa shape index (κ1) is 11.0. The molecule has 2 heteroatoms. The highest BCUT2D eigenvalue weighted by Crippen LogP contribution is 2.23. The smallest absolute Gasteiger partial charge is 0.0538 e. The number of rotatable bonds is 4. The van der Waals surface area contributed by atoms with Gasteiger partial charge < -0.3 is 5.32 Å². The minimum atomic E-state index is 0.676. The van der Waals surface area contributed by atoms with Crippen LogP contribution in [0.25, 0.3) is 0 Å². The summed E-state index contributed by atoms with van der Waals surface area (Å²) in [4.78, 5) is 0. The Kier molecular flexibility index (Phi) is 4.09. The van der Waals surface area contributed by atoms with Crippen molar-refractivity contribution in [1.29, 1.82) is 0 Å². The van der Waals surface area contributed by atoms with Crippen LogP contribution in [0.4, 0.5) is 0 Å². The maximum absolute atomic E-state index is 3.67. The fourth-order valence-electron chi connectivity index (χ4n) is 1.94. The highest BCUT2D eigenvalue weighted by molar-refractivity contribution is 8.00. The van der Waals surface area contributed by atoms with Crippen LogP contribution < -0.4 is 5.32 Å². The molecule has 15 heavy (non-hydrogen) atoms. The molecule has 2 atom stereocenters. The van der Waals surface area contributed by atoms with E-state index >= 15 is 0 Å². The van der Waals surface area contributed by atoms with Gasteiger partial charge in [-0.3, -0.25) is 0 Å². The van der Waals surface area contributed by atoms with Crippen molar-refractivity contribution in [3.05, 3.63) is 35.9 Å². The van der Waals surface area contributed by atoms with Gasteiger partial charge in [-0.2, -0.15) is 0 Å². The van der Waals surface area contributed by atoms with Crippen molar-refractivity contribution in [2.24, 2.45) is 0 Å². The maximum atomic E-state index is 3.67. The number of aryl methyl sites for hydroxylation is 1. The van der Waals surface area contributed by atoms with Crippen LogP contribution in [0.3, 0.4) is 0 Å². The zero-order valence-corrected chi connectivity index (χ0v) is 10.1. The maximum Gasteiger partial charge on any atom is 0.0538 e. The van der Waals surface area contributed by atoms with Crippen LogP contribution in [0, 0.1) is 0 Å². The third-order valence-corrected chi connectivity index (χ3v) is 4.32. The Labute approximate surface area is 96.7 Å². The largest absolute Gasteiger partial charge is 0.302 e. The first-order valence-corrected chi connectivity index (χ1v) is 6.85. The molecule has 0 aliphatic carbocycles. The third-order valence-electron chi connectivity index (χ3n) is 2.95. The molecule has 2 unspecified atom stereocenters. The van der Waals surface area contributed by atoms with Crippen LogP contribution in [-0.4, -0.2) is 17.2 Å². The second kappa shape index (κ2) is 5.57. The molecule has 0 radical (unpaired) electrons. The average molecular weight is 221 g/mol. The molecule has 1 fully saturated rings. The topological polar surface area (TPSA) is 12.0 Å². The minimum Gasteiger partial charge on any atom is -0.302 e. The van der Waals surface area contributed by atoms with Crippen molar-refractivity contribution in [1.82, 2.24) is 5.32 Å². The van der Waals surface area contributed by atoms with E-state index in [0.29, 0.717) is 5.37 Å². The van der Waals surface area contributed by atoms with E-state index in [1.54, 1.807) is 0 Å². The Hall–Kier alpha value is -0.470. The molecule has 1 aliphatic heterocycles. The summed E-state index contributed by atoms with van der Waals surface area (Å²) in [5.41, 5.74) is 1.46. The first-order chi connectivity index (χ1) is 7.38. The minimum absolute atomic E-state index is 0.676. The zero-order valence-electron chi connectivity index (χ0n) is 9.28.